The Balaban J connectivity index is 1.77. The van der Waals surface area contributed by atoms with Crippen molar-refractivity contribution in [1.82, 2.24) is 9.47 Å². The van der Waals surface area contributed by atoms with E-state index in [9.17, 15) is 14.4 Å². The first-order chi connectivity index (χ1) is 16.2. The highest BCUT2D eigenvalue weighted by molar-refractivity contribution is 6.11. The summed E-state index contributed by atoms with van der Waals surface area (Å²) in [7, 11) is 1.98. The van der Waals surface area contributed by atoms with Crippen molar-refractivity contribution >= 4 is 40.4 Å². The Hall–Kier alpha value is -3.87. The molecular weight excluding hydrogens is 430 g/mol. The van der Waals surface area contributed by atoms with Gasteiger partial charge in [0.15, 0.2) is 0 Å². The molecule has 176 valence electrons. The molecule has 7 heteroatoms. The molecule has 1 aliphatic rings. The smallest absolute Gasteiger partial charge is 0.305 e. The summed E-state index contributed by atoms with van der Waals surface area (Å²) in [6.45, 7) is 4.43. The number of allylic oxidation sites excluding steroid dienone is 1. The van der Waals surface area contributed by atoms with Gasteiger partial charge in [0.05, 0.1) is 24.2 Å². The van der Waals surface area contributed by atoms with E-state index in [2.05, 4.69) is 24.5 Å². The number of nitrogens with zero attached hydrogens (tertiary/aromatic N) is 3. The van der Waals surface area contributed by atoms with E-state index < -0.39 is 17.8 Å². The number of aromatic nitrogens is 1. The van der Waals surface area contributed by atoms with Crippen molar-refractivity contribution in [2.45, 2.75) is 26.8 Å². The maximum atomic E-state index is 13.4. The van der Waals surface area contributed by atoms with Gasteiger partial charge in [-0.3, -0.25) is 19.3 Å². The van der Waals surface area contributed by atoms with Gasteiger partial charge in [-0.2, -0.15) is 0 Å². The number of hydrogen-bond donors (Lipinski definition) is 1. The third-order valence-electron chi connectivity index (χ3n) is 6.03. The summed E-state index contributed by atoms with van der Waals surface area (Å²) < 4.78 is 2.05. The fourth-order valence-corrected chi connectivity index (χ4v) is 4.33. The SMILES string of the molecule is CC(C)/C=C/c1ccc2c(c1)C(=O)N(CCC(=O)O)C(=O)CN2Cc1cn(C)c2ccccc12. The van der Waals surface area contributed by atoms with E-state index in [4.69, 9.17) is 5.11 Å². The molecule has 0 atom stereocenters. The Kier molecular flexibility index (Phi) is 6.54. The Morgan fingerprint density at radius 1 is 1.15 bits per heavy atom. The summed E-state index contributed by atoms with van der Waals surface area (Å²) in [5.41, 5.74) is 4.07. The molecular formula is C27H29N3O4. The lowest BCUT2D eigenvalue weighted by Gasteiger charge is -2.23. The van der Waals surface area contributed by atoms with Crippen LogP contribution in [0.25, 0.3) is 17.0 Å². The van der Waals surface area contributed by atoms with Crippen LogP contribution in [0.2, 0.25) is 0 Å². The second kappa shape index (κ2) is 9.55. The molecule has 4 rings (SSSR count). The first-order valence-corrected chi connectivity index (χ1v) is 11.4. The van der Waals surface area contributed by atoms with Gasteiger partial charge in [0, 0.05) is 37.2 Å². The zero-order valence-electron chi connectivity index (χ0n) is 19.7. The van der Waals surface area contributed by atoms with E-state index in [1.165, 1.54) is 0 Å². The molecule has 1 aromatic heterocycles. The largest absolute Gasteiger partial charge is 0.481 e. The summed E-state index contributed by atoms with van der Waals surface area (Å²) in [5.74, 6) is -1.55. The number of carbonyl (C=O) groups excluding carboxylic acids is 2. The fourth-order valence-electron chi connectivity index (χ4n) is 4.33. The lowest BCUT2D eigenvalue weighted by atomic mass is 10.0. The van der Waals surface area contributed by atoms with Crippen LogP contribution in [0.3, 0.4) is 0 Å². The molecule has 0 spiro atoms. The predicted octanol–water partition coefficient (Wildman–Crippen LogP) is 4.31. The highest BCUT2D eigenvalue weighted by Crippen LogP contribution is 2.31. The average Bonchev–Trinajstić information content (AvgIpc) is 3.07. The number of para-hydroxylation sites is 1. The molecule has 0 saturated carbocycles. The van der Waals surface area contributed by atoms with Crippen LogP contribution in [0.1, 0.15) is 41.8 Å². The van der Waals surface area contributed by atoms with Crippen molar-refractivity contribution < 1.29 is 19.5 Å². The molecule has 1 N–H and O–H groups in total. The number of fused-ring (bicyclic) bond motifs is 2. The van der Waals surface area contributed by atoms with Gasteiger partial charge >= 0.3 is 5.97 Å². The standard InChI is InChI=1S/C27H29N3O4/c1-18(2)8-9-19-10-11-24-22(14-19)27(34)30(13-12-26(32)33)25(31)17-29(24)16-20-15-28(3)23-7-5-4-6-21(20)23/h4-11,14-15,18H,12-13,16-17H2,1-3H3,(H,32,33)/b9-8+. The minimum absolute atomic E-state index is 0.0112. The van der Waals surface area contributed by atoms with Gasteiger partial charge in [0.25, 0.3) is 5.91 Å². The van der Waals surface area contributed by atoms with Crippen molar-refractivity contribution in [2.24, 2.45) is 13.0 Å². The number of aryl methyl sites for hydroxylation is 1. The lowest BCUT2D eigenvalue weighted by molar-refractivity contribution is -0.137. The Bertz CT molecular complexity index is 1290. The molecule has 0 saturated heterocycles. The number of carboxylic acids is 1. The summed E-state index contributed by atoms with van der Waals surface area (Å²) >= 11 is 0. The number of imide groups is 1. The molecule has 0 bridgehead atoms. The Labute approximate surface area is 198 Å². The molecule has 2 heterocycles. The van der Waals surface area contributed by atoms with Crippen LogP contribution in [-0.4, -0.2) is 45.4 Å². The molecule has 0 fully saturated rings. The molecule has 0 aliphatic carbocycles. The molecule has 2 amide bonds. The van der Waals surface area contributed by atoms with Gasteiger partial charge in [0.2, 0.25) is 5.91 Å². The third-order valence-corrected chi connectivity index (χ3v) is 6.03. The maximum absolute atomic E-state index is 13.4. The van der Waals surface area contributed by atoms with E-state index in [1.54, 1.807) is 6.07 Å². The first kappa shape index (κ1) is 23.3. The molecule has 0 radical (unpaired) electrons. The normalized spacial score (nSPS) is 14.4. The van der Waals surface area contributed by atoms with Crippen molar-refractivity contribution in [3.05, 3.63) is 71.4 Å². The van der Waals surface area contributed by atoms with Gasteiger partial charge in [-0.05, 0) is 35.2 Å². The van der Waals surface area contributed by atoms with Gasteiger partial charge in [-0.25, -0.2) is 0 Å². The number of anilines is 1. The summed E-state index contributed by atoms with van der Waals surface area (Å²) in [6, 6.07) is 13.7. The topological polar surface area (TPSA) is 82.8 Å². The minimum atomic E-state index is -1.05. The van der Waals surface area contributed by atoms with E-state index in [0.29, 0.717) is 23.7 Å². The Morgan fingerprint density at radius 3 is 2.65 bits per heavy atom. The number of aliphatic carboxylic acids is 1. The monoisotopic (exact) mass is 459 g/mol. The van der Waals surface area contributed by atoms with Crippen molar-refractivity contribution in [3.8, 4) is 0 Å². The second-order valence-electron chi connectivity index (χ2n) is 9.01. The maximum Gasteiger partial charge on any atom is 0.305 e. The summed E-state index contributed by atoms with van der Waals surface area (Å²) in [4.78, 5) is 40.7. The molecule has 3 aromatic rings. The molecule has 34 heavy (non-hydrogen) atoms. The van der Waals surface area contributed by atoms with Gasteiger partial charge in [-0.1, -0.05) is 50.3 Å². The van der Waals surface area contributed by atoms with Crippen LogP contribution in [0.15, 0.2) is 54.7 Å². The number of rotatable bonds is 7. The Morgan fingerprint density at radius 2 is 1.91 bits per heavy atom. The van der Waals surface area contributed by atoms with Crippen LogP contribution in [0.5, 0.6) is 0 Å². The number of hydrogen-bond acceptors (Lipinski definition) is 4. The fraction of sp³-hybridized carbons (Fsp3) is 0.296. The van der Waals surface area contributed by atoms with Crippen LogP contribution in [-0.2, 0) is 23.2 Å². The summed E-state index contributed by atoms with van der Waals surface area (Å²) in [6.07, 6.45) is 5.76. The number of carbonyl (C=O) groups is 3. The molecule has 7 nitrogen and oxygen atoms in total. The zero-order chi connectivity index (χ0) is 24.4. The lowest BCUT2D eigenvalue weighted by Crippen LogP contribution is -2.41. The predicted molar refractivity (Wildman–Crippen MR) is 133 cm³/mol. The molecule has 2 aromatic carbocycles. The highest BCUT2D eigenvalue weighted by atomic mass is 16.4. The highest BCUT2D eigenvalue weighted by Gasteiger charge is 2.32. The molecule has 0 unspecified atom stereocenters. The van der Waals surface area contributed by atoms with Crippen molar-refractivity contribution in [2.75, 3.05) is 18.0 Å². The van der Waals surface area contributed by atoms with Crippen molar-refractivity contribution in [1.29, 1.82) is 0 Å². The van der Waals surface area contributed by atoms with Gasteiger partial charge < -0.3 is 14.6 Å². The molecule has 1 aliphatic heterocycles. The number of carboxylic acid groups (broad SMARTS) is 1. The minimum Gasteiger partial charge on any atom is -0.481 e. The van der Waals surface area contributed by atoms with E-state index >= 15 is 0 Å². The van der Waals surface area contributed by atoms with Crippen LogP contribution >= 0.6 is 0 Å². The van der Waals surface area contributed by atoms with Crippen LogP contribution < -0.4 is 4.90 Å². The average molecular weight is 460 g/mol. The summed E-state index contributed by atoms with van der Waals surface area (Å²) in [5, 5.41) is 10.2. The van der Waals surface area contributed by atoms with E-state index in [1.807, 2.05) is 60.6 Å². The zero-order valence-corrected chi connectivity index (χ0v) is 19.7. The van der Waals surface area contributed by atoms with Gasteiger partial charge in [-0.15, -0.1) is 0 Å². The van der Waals surface area contributed by atoms with Gasteiger partial charge in [0.1, 0.15) is 0 Å². The second-order valence-corrected chi connectivity index (χ2v) is 9.01. The quantitative estimate of drug-likeness (QED) is 0.533. The number of amides is 2. The third kappa shape index (κ3) is 4.73. The number of benzene rings is 2. The van der Waals surface area contributed by atoms with Crippen LogP contribution in [0, 0.1) is 5.92 Å². The van der Waals surface area contributed by atoms with E-state index in [0.717, 1.165) is 26.9 Å². The van der Waals surface area contributed by atoms with Crippen molar-refractivity contribution in [3.63, 3.8) is 0 Å². The van der Waals surface area contributed by atoms with E-state index in [-0.39, 0.29) is 19.5 Å². The van der Waals surface area contributed by atoms with Crippen LogP contribution in [0.4, 0.5) is 5.69 Å². The first-order valence-electron chi connectivity index (χ1n) is 11.4.